The Morgan fingerprint density at radius 1 is 1.15 bits per heavy atom. The van der Waals surface area contributed by atoms with Crippen LogP contribution in [-0.4, -0.2) is 16.1 Å². The fourth-order valence-electron chi connectivity index (χ4n) is 1.74. The lowest BCUT2D eigenvalue weighted by Gasteiger charge is -2.07. The van der Waals surface area contributed by atoms with Crippen LogP contribution in [-0.2, 0) is 11.2 Å². The maximum Gasteiger partial charge on any atom is 0.228 e. The van der Waals surface area contributed by atoms with Gasteiger partial charge < -0.3 is 15.5 Å². The molecule has 5 heteroatoms. The predicted octanol–water partition coefficient (Wildman–Crippen LogP) is 3.35. The Hall–Kier alpha value is -2.01. The molecule has 0 atom stereocenters. The number of phenolic OH excluding ortho intramolecular Hbond substituents is 2. The average Bonchev–Trinajstić information content (AvgIpc) is 2.38. The SMILES string of the molecule is Cc1ccc(NC(=O)Cc2ccc(O)c(O)c2)cc1Br. The summed E-state index contributed by atoms with van der Waals surface area (Å²) in [5.74, 6) is -0.615. The van der Waals surface area contributed by atoms with E-state index in [1.807, 2.05) is 25.1 Å². The smallest absolute Gasteiger partial charge is 0.228 e. The highest BCUT2D eigenvalue weighted by molar-refractivity contribution is 9.10. The minimum atomic E-state index is -0.228. The molecule has 2 aromatic rings. The van der Waals surface area contributed by atoms with Crippen molar-refractivity contribution in [3.63, 3.8) is 0 Å². The van der Waals surface area contributed by atoms with E-state index < -0.39 is 0 Å². The van der Waals surface area contributed by atoms with Crippen molar-refractivity contribution in [1.29, 1.82) is 0 Å². The number of halogens is 1. The third-order valence-corrected chi connectivity index (χ3v) is 3.71. The number of hydrogen-bond donors (Lipinski definition) is 3. The molecule has 0 fully saturated rings. The summed E-state index contributed by atoms with van der Waals surface area (Å²) >= 11 is 3.41. The van der Waals surface area contributed by atoms with Crippen LogP contribution in [0.4, 0.5) is 5.69 Å². The zero-order chi connectivity index (χ0) is 14.7. The van der Waals surface area contributed by atoms with E-state index in [-0.39, 0.29) is 23.8 Å². The standard InChI is InChI=1S/C15H14BrNO3/c1-9-2-4-11(8-12(9)16)17-15(20)7-10-3-5-13(18)14(19)6-10/h2-6,8,18-19H,7H2,1H3,(H,17,20). The van der Waals surface area contributed by atoms with Crippen molar-refractivity contribution < 1.29 is 15.0 Å². The number of aromatic hydroxyl groups is 2. The molecule has 0 spiro atoms. The Labute approximate surface area is 125 Å². The second-order valence-corrected chi connectivity index (χ2v) is 5.37. The van der Waals surface area contributed by atoms with E-state index in [0.717, 1.165) is 10.0 Å². The summed E-state index contributed by atoms with van der Waals surface area (Å²) in [6.07, 6.45) is 0.124. The molecule has 0 bridgehead atoms. The summed E-state index contributed by atoms with van der Waals surface area (Å²) in [5.41, 5.74) is 2.42. The van der Waals surface area contributed by atoms with Crippen LogP contribution >= 0.6 is 15.9 Å². The lowest BCUT2D eigenvalue weighted by molar-refractivity contribution is -0.115. The Bertz CT molecular complexity index is 600. The van der Waals surface area contributed by atoms with E-state index in [2.05, 4.69) is 21.2 Å². The molecule has 0 radical (unpaired) electrons. The van der Waals surface area contributed by atoms with Crippen LogP contribution in [0.3, 0.4) is 0 Å². The molecule has 0 aromatic heterocycles. The summed E-state index contributed by atoms with van der Waals surface area (Å²) in [5, 5.41) is 21.4. The minimum absolute atomic E-state index is 0.124. The Morgan fingerprint density at radius 3 is 2.55 bits per heavy atom. The fourth-order valence-corrected chi connectivity index (χ4v) is 2.12. The van der Waals surface area contributed by atoms with Crippen molar-refractivity contribution in [2.45, 2.75) is 13.3 Å². The number of rotatable bonds is 3. The van der Waals surface area contributed by atoms with Gasteiger partial charge in [0, 0.05) is 10.2 Å². The monoisotopic (exact) mass is 335 g/mol. The first-order chi connectivity index (χ1) is 9.45. The predicted molar refractivity (Wildman–Crippen MR) is 81.0 cm³/mol. The van der Waals surface area contributed by atoms with E-state index >= 15 is 0 Å². The molecule has 4 nitrogen and oxygen atoms in total. The van der Waals surface area contributed by atoms with E-state index in [0.29, 0.717) is 11.3 Å². The van der Waals surface area contributed by atoms with Gasteiger partial charge in [0.25, 0.3) is 0 Å². The van der Waals surface area contributed by atoms with Crippen LogP contribution in [0, 0.1) is 6.92 Å². The van der Waals surface area contributed by atoms with E-state index in [4.69, 9.17) is 0 Å². The largest absolute Gasteiger partial charge is 0.504 e. The number of hydrogen-bond acceptors (Lipinski definition) is 3. The zero-order valence-corrected chi connectivity index (χ0v) is 12.4. The van der Waals surface area contributed by atoms with Crippen LogP contribution in [0.1, 0.15) is 11.1 Å². The van der Waals surface area contributed by atoms with Crippen molar-refractivity contribution in [1.82, 2.24) is 0 Å². The average molecular weight is 336 g/mol. The van der Waals surface area contributed by atoms with Gasteiger partial charge in [0.05, 0.1) is 6.42 Å². The summed E-state index contributed by atoms with van der Waals surface area (Å²) in [6.45, 7) is 1.97. The number of aryl methyl sites for hydroxylation is 1. The highest BCUT2D eigenvalue weighted by Gasteiger charge is 2.07. The first-order valence-electron chi connectivity index (χ1n) is 6.02. The first-order valence-corrected chi connectivity index (χ1v) is 6.82. The molecule has 1 amide bonds. The van der Waals surface area contributed by atoms with Gasteiger partial charge in [-0.05, 0) is 42.3 Å². The Kier molecular flexibility index (Phi) is 4.29. The summed E-state index contributed by atoms with van der Waals surface area (Å²) in [7, 11) is 0. The van der Waals surface area contributed by atoms with E-state index in [1.54, 1.807) is 6.07 Å². The fraction of sp³-hybridized carbons (Fsp3) is 0.133. The quantitative estimate of drug-likeness (QED) is 0.753. The van der Waals surface area contributed by atoms with Crippen LogP contribution in [0.15, 0.2) is 40.9 Å². The number of phenols is 2. The molecule has 0 aliphatic heterocycles. The molecular formula is C15H14BrNO3. The number of amides is 1. The van der Waals surface area contributed by atoms with Gasteiger partial charge in [-0.2, -0.15) is 0 Å². The highest BCUT2D eigenvalue weighted by Crippen LogP contribution is 2.25. The van der Waals surface area contributed by atoms with Crippen molar-refractivity contribution in [3.8, 4) is 11.5 Å². The van der Waals surface area contributed by atoms with Gasteiger partial charge in [-0.1, -0.05) is 28.1 Å². The number of benzene rings is 2. The lowest BCUT2D eigenvalue weighted by Crippen LogP contribution is -2.14. The van der Waals surface area contributed by atoms with Gasteiger partial charge in [-0.25, -0.2) is 0 Å². The lowest BCUT2D eigenvalue weighted by atomic mass is 10.1. The maximum atomic E-state index is 11.9. The van der Waals surface area contributed by atoms with Gasteiger partial charge in [0.1, 0.15) is 0 Å². The second-order valence-electron chi connectivity index (χ2n) is 4.51. The van der Waals surface area contributed by atoms with Crippen LogP contribution in [0.2, 0.25) is 0 Å². The van der Waals surface area contributed by atoms with Crippen molar-refractivity contribution in [3.05, 3.63) is 52.0 Å². The highest BCUT2D eigenvalue weighted by atomic mass is 79.9. The van der Waals surface area contributed by atoms with Crippen molar-refractivity contribution in [2.75, 3.05) is 5.32 Å². The van der Waals surface area contributed by atoms with Gasteiger partial charge >= 0.3 is 0 Å². The topological polar surface area (TPSA) is 69.6 Å². The van der Waals surface area contributed by atoms with Crippen molar-refractivity contribution in [2.24, 2.45) is 0 Å². The van der Waals surface area contributed by atoms with Gasteiger partial charge in [0.15, 0.2) is 11.5 Å². The first kappa shape index (κ1) is 14.4. The molecule has 0 heterocycles. The minimum Gasteiger partial charge on any atom is -0.504 e. The molecule has 0 aliphatic carbocycles. The number of nitrogens with one attached hydrogen (secondary N) is 1. The molecule has 0 saturated carbocycles. The molecule has 2 rings (SSSR count). The van der Waals surface area contributed by atoms with Gasteiger partial charge in [0.2, 0.25) is 5.91 Å². The maximum absolute atomic E-state index is 11.9. The van der Waals surface area contributed by atoms with Crippen molar-refractivity contribution >= 4 is 27.5 Å². The third-order valence-electron chi connectivity index (χ3n) is 2.86. The summed E-state index contributed by atoms with van der Waals surface area (Å²) < 4.78 is 0.928. The van der Waals surface area contributed by atoms with E-state index in [9.17, 15) is 15.0 Å². The summed E-state index contributed by atoms with van der Waals surface area (Å²) in [4.78, 5) is 11.9. The molecule has 0 unspecified atom stereocenters. The second kappa shape index (κ2) is 5.96. The summed E-state index contributed by atoms with van der Waals surface area (Å²) in [6, 6.07) is 9.90. The van der Waals surface area contributed by atoms with Crippen LogP contribution in [0.25, 0.3) is 0 Å². The molecule has 104 valence electrons. The third kappa shape index (κ3) is 3.51. The molecule has 0 aliphatic rings. The van der Waals surface area contributed by atoms with Crippen LogP contribution < -0.4 is 5.32 Å². The normalized spacial score (nSPS) is 10.3. The molecule has 0 saturated heterocycles. The number of carbonyl (C=O) groups is 1. The van der Waals surface area contributed by atoms with Crippen LogP contribution in [0.5, 0.6) is 11.5 Å². The Morgan fingerprint density at radius 2 is 1.90 bits per heavy atom. The number of carbonyl (C=O) groups excluding carboxylic acids is 1. The molecule has 2 aromatic carbocycles. The number of anilines is 1. The Balaban J connectivity index is 2.04. The molecular weight excluding hydrogens is 322 g/mol. The van der Waals surface area contributed by atoms with E-state index in [1.165, 1.54) is 12.1 Å². The zero-order valence-electron chi connectivity index (χ0n) is 10.9. The van der Waals surface area contributed by atoms with Gasteiger partial charge in [-0.15, -0.1) is 0 Å². The van der Waals surface area contributed by atoms with Gasteiger partial charge in [-0.3, -0.25) is 4.79 Å². The molecule has 3 N–H and O–H groups in total. The molecule has 20 heavy (non-hydrogen) atoms.